The molecule has 3 N–H and O–H groups in total. The van der Waals surface area contributed by atoms with Gasteiger partial charge in [-0.25, -0.2) is 9.97 Å². The molecule has 0 bridgehead atoms. The molecule has 0 fully saturated rings. The Morgan fingerprint density at radius 2 is 2.06 bits per heavy atom. The monoisotopic (exact) mass is 278 g/mol. The van der Waals surface area contributed by atoms with Gasteiger partial charge in [0.1, 0.15) is 18.0 Å². The molecule has 0 radical (unpaired) electrons. The highest BCUT2D eigenvalue weighted by Gasteiger charge is 2.01. The van der Waals surface area contributed by atoms with Crippen molar-refractivity contribution in [1.82, 2.24) is 9.97 Å². The molecule has 0 aliphatic rings. The molecule has 0 aliphatic heterocycles. The third-order valence-corrected chi connectivity index (χ3v) is 2.64. The molecule has 16 heavy (non-hydrogen) atoms. The van der Waals surface area contributed by atoms with Gasteiger partial charge < -0.3 is 11.1 Å². The normalized spacial score (nSPS) is 10.1. The number of nitrogens with two attached hydrogens (primary N) is 1. The minimum Gasteiger partial charge on any atom is -0.384 e. The van der Waals surface area contributed by atoms with E-state index in [1.807, 2.05) is 25.1 Å². The topological polar surface area (TPSA) is 63.8 Å². The Bertz CT molecular complexity index is 513. The van der Waals surface area contributed by atoms with E-state index in [9.17, 15) is 0 Å². The third-order valence-electron chi connectivity index (χ3n) is 2.15. The van der Waals surface area contributed by atoms with Crippen LogP contribution in [0.3, 0.4) is 0 Å². The van der Waals surface area contributed by atoms with Crippen LogP contribution < -0.4 is 11.1 Å². The molecule has 2 rings (SSSR count). The predicted molar refractivity (Wildman–Crippen MR) is 68.6 cm³/mol. The SMILES string of the molecule is Cc1ccc(Br)cc1Nc1cc(N)ncn1. The van der Waals surface area contributed by atoms with Gasteiger partial charge in [-0.1, -0.05) is 22.0 Å². The molecule has 0 amide bonds. The Morgan fingerprint density at radius 1 is 1.25 bits per heavy atom. The fourth-order valence-electron chi connectivity index (χ4n) is 1.31. The molecule has 1 heterocycles. The third kappa shape index (κ3) is 2.49. The fourth-order valence-corrected chi connectivity index (χ4v) is 1.67. The van der Waals surface area contributed by atoms with Crippen LogP contribution in [0.4, 0.5) is 17.3 Å². The summed E-state index contributed by atoms with van der Waals surface area (Å²) in [4.78, 5) is 7.93. The van der Waals surface area contributed by atoms with Gasteiger partial charge in [0.25, 0.3) is 0 Å². The first-order valence-electron chi connectivity index (χ1n) is 4.76. The van der Waals surface area contributed by atoms with Gasteiger partial charge in [0.2, 0.25) is 0 Å². The van der Waals surface area contributed by atoms with E-state index < -0.39 is 0 Å². The van der Waals surface area contributed by atoms with Gasteiger partial charge in [0, 0.05) is 16.2 Å². The summed E-state index contributed by atoms with van der Waals surface area (Å²) in [7, 11) is 0. The Morgan fingerprint density at radius 3 is 2.81 bits per heavy atom. The van der Waals surface area contributed by atoms with Crippen LogP contribution in [-0.2, 0) is 0 Å². The molecule has 0 saturated heterocycles. The number of nitrogens with zero attached hydrogens (tertiary/aromatic N) is 2. The van der Waals surface area contributed by atoms with Crippen molar-refractivity contribution in [2.45, 2.75) is 6.92 Å². The molecule has 0 unspecified atom stereocenters. The second-order valence-corrected chi connectivity index (χ2v) is 4.33. The zero-order valence-corrected chi connectivity index (χ0v) is 10.3. The minimum absolute atomic E-state index is 0.449. The van der Waals surface area contributed by atoms with E-state index in [4.69, 9.17) is 5.73 Å². The van der Waals surface area contributed by atoms with Crippen LogP contribution in [0.2, 0.25) is 0 Å². The summed E-state index contributed by atoms with van der Waals surface area (Å²) in [5, 5.41) is 3.19. The first-order chi connectivity index (χ1) is 7.65. The average Bonchev–Trinajstić information content (AvgIpc) is 2.24. The summed E-state index contributed by atoms with van der Waals surface area (Å²) in [5.74, 6) is 1.14. The maximum absolute atomic E-state index is 5.58. The number of halogens is 1. The molecule has 1 aromatic carbocycles. The summed E-state index contributed by atoms with van der Waals surface area (Å²) >= 11 is 3.43. The number of benzene rings is 1. The quantitative estimate of drug-likeness (QED) is 0.887. The summed E-state index contributed by atoms with van der Waals surface area (Å²) in [6.07, 6.45) is 1.44. The van der Waals surface area contributed by atoms with Gasteiger partial charge in [-0.15, -0.1) is 0 Å². The van der Waals surface area contributed by atoms with Crippen LogP contribution >= 0.6 is 15.9 Å². The first-order valence-corrected chi connectivity index (χ1v) is 5.55. The maximum Gasteiger partial charge on any atom is 0.135 e. The number of hydrogen-bond acceptors (Lipinski definition) is 4. The van der Waals surface area contributed by atoms with Crippen molar-refractivity contribution in [3.05, 3.63) is 40.6 Å². The van der Waals surface area contributed by atoms with Gasteiger partial charge in [-0.2, -0.15) is 0 Å². The summed E-state index contributed by atoms with van der Waals surface area (Å²) in [6, 6.07) is 7.71. The van der Waals surface area contributed by atoms with Gasteiger partial charge in [-0.05, 0) is 24.6 Å². The molecule has 5 heteroatoms. The van der Waals surface area contributed by atoms with Crippen molar-refractivity contribution in [2.75, 3.05) is 11.1 Å². The number of nitrogens with one attached hydrogen (secondary N) is 1. The highest BCUT2D eigenvalue weighted by atomic mass is 79.9. The van der Waals surface area contributed by atoms with E-state index in [0.717, 1.165) is 15.7 Å². The molecule has 2 aromatic rings. The molecule has 82 valence electrons. The lowest BCUT2D eigenvalue weighted by atomic mass is 10.2. The van der Waals surface area contributed by atoms with Crippen molar-refractivity contribution in [1.29, 1.82) is 0 Å². The second kappa shape index (κ2) is 4.49. The van der Waals surface area contributed by atoms with Crippen molar-refractivity contribution in [3.63, 3.8) is 0 Å². The highest BCUT2D eigenvalue weighted by Crippen LogP contribution is 2.23. The summed E-state index contributed by atoms with van der Waals surface area (Å²) < 4.78 is 1.02. The van der Waals surface area contributed by atoms with Crippen LogP contribution in [-0.4, -0.2) is 9.97 Å². The molecule has 0 spiro atoms. The smallest absolute Gasteiger partial charge is 0.135 e. The van der Waals surface area contributed by atoms with E-state index in [0.29, 0.717) is 11.6 Å². The molecular formula is C11H11BrN4. The molecule has 0 aliphatic carbocycles. The van der Waals surface area contributed by atoms with Crippen LogP contribution in [0.1, 0.15) is 5.56 Å². The van der Waals surface area contributed by atoms with Gasteiger partial charge in [0.15, 0.2) is 0 Å². The standard InChI is InChI=1S/C11H11BrN4/c1-7-2-3-8(12)4-9(7)16-11-5-10(13)14-6-15-11/h2-6H,1H3,(H3,13,14,15,16). The van der Waals surface area contributed by atoms with E-state index in [1.165, 1.54) is 6.33 Å². The van der Waals surface area contributed by atoms with Gasteiger partial charge in [-0.3, -0.25) is 0 Å². The zero-order chi connectivity index (χ0) is 11.5. The lowest BCUT2D eigenvalue weighted by Crippen LogP contribution is -1.98. The Balaban J connectivity index is 2.30. The molecule has 1 aromatic heterocycles. The zero-order valence-electron chi connectivity index (χ0n) is 8.74. The van der Waals surface area contributed by atoms with Gasteiger partial charge >= 0.3 is 0 Å². The summed E-state index contributed by atoms with van der Waals surface area (Å²) in [5.41, 5.74) is 7.71. The van der Waals surface area contributed by atoms with E-state index >= 15 is 0 Å². The predicted octanol–water partition coefficient (Wildman–Crippen LogP) is 2.87. The van der Waals surface area contributed by atoms with Crippen molar-refractivity contribution in [2.24, 2.45) is 0 Å². The van der Waals surface area contributed by atoms with Crippen molar-refractivity contribution >= 4 is 33.3 Å². The second-order valence-electron chi connectivity index (χ2n) is 3.41. The summed E-state index contributed by atoms with van der Waals surface area (Å²) in [6.45, 7) is 2.03. The Hall–Kier alpha value is -1.62. The Labute approximate surface area is 102 Å². The number of rotatable bonds is 2. The number of aromatic nitrogens is 2. The van der Waals surface area contributed by atoms with Crippen LogP contribution in [0, 0.1) is 6.92 Å². The molecule has 4 nitrogen and oxygen atoms in total. The maximum atomic E-state index is 5.58. The lowest BCUT2D eigenvalue weighted by Gasteiger charge is -2.09. The fraction of sp³-hybridized carbons (Fsp3) is 0.0909. The first kappa shape index (κ1) is 10.9. The number of nitrogen functional groups attached to an aromatic ring is 1. The molecule has 0 atom stereocenters. The van der Waals surface area contributed by atoms with Crippen LogP contribution in [0.25, 0.3) is 0 Å². The van der Waals surface area contributed by atoms with E-state index in [1.54, 1.807) is 6.07 Å². The van der Waals surface area contributed by atoms with E-state index in [-0.39, 0.29) is 0 Å². The van der Waals surface area contributed by atoms with E-state index in [2.05, 4.69) is 31.2 Å². The van der Waals surface area contributed by atoms with Crippen LogP contribution in [0.15, 0.2) is 35.1 Å². The van der Waals surface area contributed by atoms with Gasteiger partial charge in [0.05, 0.1) is 0 Å². The van der Waals surface area contributed by atoms with Crippen molar-refractivity contribution < 1.29 is 0 Å². The van der Waals surface area contributed by atoms with Crippen LogP contribution in [0.5, 0.6) is 0 Å². The number of hydrogen-bond donors (Lipinski definition) is 2. The number of anilines is 3. The Kier molecular flexibility index (Phi) is 3.05. The minimum atomic E-state index is 0.449. The highest BCUT2D eigenvalue weighted by molar-refractivity contribution is 9.10. The molecule has 0 saturated carbocycles. The number of aryl methyl sites for hydroxylation is 1. The average molecular weight is 279 g/mol. The largest absolute Gasteiger partial charge is 0.384 e. The lowest BCUT2D eigenvalue weighted by molar-refractivity contribution is 1.17. The van der Waals surface area contributed by atoms with Crippen molar-refractivity contribution in [3.8, 4) is 0 Å². The molecular weight excluding hydrogens is 268 g/mol.